The molecule has 0 aliphatic heterocycles. The lowest BCUT2D eigenvalue weighted by Crippen LogP contribution is -2.23. The summed E-state index contributed by atoms with van der Waals surface area (Å²) < 4.78 is 11.1. The molecule has 1 aliphatic carbocycles. The number of hydrogen-bond acceptors (Lipinski definition) is 4. The van der Waals surface area contributed by atoms with Gasteiger partial charge in [0.2, 0.25) is 0 Å². The zero-order valence-corrected chi connectivity index (χ0v) is 19.7. The van der Waals surface area contributed by atoms with Crippen molar-refractivity contribution in [1.82, 2.24) is 0 Å². The molecular formula is C27H35NO3. The molecule has 0 bridgehead atoms. The highest BCUT2D eigenvalue weighted by molar-refractivity contribution is 5.90. The zero-order chi connectivity index (χ0) is 22.6. The SMILES string of the molecule is CCCOc1cc(Nc2ccc(C(=O)OCC)cc2)c2c(c1)C(C)(C)CC=C2C(C)C. The molecule has 2 aromatic carbocycles. The minimum Gasteiger partial charge on any atom is -0.494 e. The largest absolute Gasteiger partial charge is 0.494 e. The van der Waals surface area contributed by atoms with Crippen molar-refractivity contribution < 1.29 is 14.3 Å². The van der Waals surface area contributed by atoms with Gasteiger partial charge in [-0.1, -0.05) is 40.7 Å². The molecule has 0 atom stereocenters. The van der Waals surface area contributed by atoms with Gasteiger partial charge in [-0.15, -0.1) is 0 Å². The molecule has 0 fully saturated rings. The number of allylic oxidation sites excluding steroid dienone is 2. The van der Waals surface area contributed by atoms with Crippen LogP contribution in [0.15, 0.2) is 42.5 Å². The van der Waals surface area contributed by atoms with E-state index in [1.807, 2.05) is 19.1 Å². The molecule has 0 radical (unpaired) electrons. The molecule has 2 aromatic rings. The average Bonchev–Trinajstić information content (AvgIpc) is 2.73. The normalized spacial score (nSPS) is 14.6. The van der Waals surface area contributed by atoms with E-state index in [2.05, 4.69) is 58.1 Å². The lowest BCUT2D eigenvalue weighted by Gasteiger charge is -2.35. The van der Waals surface area contributed by atoms with E-state index in [1.165, 1.54) is 16.7 Å². The molecular weight excluding hydrogens is 386 g/mol. The van der Waals surface area contributed by atoms with Crippen LogP contribution in [0.3, 0.4) is 0 Å². The number of nitrogens with one attached hydrogen (secondary N) is 1. The maximum atomic E-state index is 12.0. The molecule has 4 heteroatoms. The third-order valence-corrected chi connectivity index (χ3v) is 5.73. The van der Waals surface area contributed by atoms with Crippen molar-refractivity contribution in [2.45, 2.75) is 59.8 Å². The summed E-state index contributed by atoms with van der Waals surface area (Å²) in [5, 5.41) is 3.60. The number of rotatable bonds is 8. The van der Waals surface area contributed by atoms with E-state index in [9.17, 15) is 4.79 Å². The number of esters is 1. The standard InChI is InChI=1S/C27H35NO3/c1-7-15-31-21-16-23-25(22(18(3)4)13-14-27(23,5)6)24(17-21)28-20-11-9-19(10-12-20)26(29)30-8-2/h9-13,16-18,28H,7-8,14-15H2,1-6H3. The number of hydrogen-bond donors (Lipinski definition) is 1. The van der Waals surface area contributed by atoms with Gasteiger partial charge in [0.05, 0.1) is 24.5 Å². The minimum atomic E-state index is -0.298. The van der Waals surface area contributed by atoms with Crippen LogP contribution in [0.5, 0.6) is 5.75 Å². The summed E-state index contributed by atoms with van der Waals surface area (Å²) in [6.07, 6.45) is 4.36. The topological polar surface area (TPSA) is 47.6 Å². The van der Waals surface area contributed by atoms with Crippen LogP contribution in [-0.4, -0.2) is 19.2 Å². The maximum Gasteiger partial charge on any atom is 0.338 e. The number of fused-ring (bicyclic) bond motifs is 1. The van der Waals surface area contributed by atoms with Gasteiger partial charge in [0.15, 0.2) is 0 Å². The van der Waals surface area contributed by atoms with Gasteiger partial charge in [0.25, 0.3) is 0 Å². The smallest absolute Gasteiger partial charge is 0.338 e. The van der Waals surface area contributed by atoms with Crippen LogP contribution in [0, 0.1) is 5.92 Å². The Bertz CT molecular complexity index is 955. The third kappa shape index (κ3) is 5.12. The quantitative estimate of drug-likeness (QED) is 0.461. The van der Waals surface area contributed by atoms with Crippen LogP contribution in [0.1, 0.15) is 75.9 Å². The van der Waals surface area contributed by atoms with Crippen molar-refractivity contribution >= 4 is 22.9 Å². The van der Waals surface area contributed by atoms with E-state index < -0.39 is 0 Å². The number of ether oxygens (including phenoxy) is 2. The van der Waals surface area contributed by atoms with Crippen LogP contribution in [0.25, 0.3) is 5.57 Å². The summed E-state index contributed by atoms with van der Waals surface area (Å²) >= 11 is 0. The fourth-order valence-corrected chi connectivity index (χ4v) is 4.02. The Balaban J connectivity index is 2.04. The number of anilines is 2. The lowest BCUT2D eigenvalue weighted by molar-refractivity contribution is 0.0526. The summed E-state index contributed by atoms with van der Waals surface area (Å²) in [7, 11) is 0. The molecule has 0 saturated heterocycles. The minimum absolute atomic E-state index is 0.0313. The second-order valence-electron chi connectivity index (χ2n) is 9.07. The fourth-order valence-electron chi connectivity index (χ4n) is 4.02. The molecule has 4 nitrogen and oxygen atoms in total. The van der Waals surface area contributed by atoms with Crippen molar-refractivity contribution in [1.29, 1.82) is 0 Å². The summed E-state index contributed by atoms with van der Waals surface area (Å²) in [6, 6.07) is 11.8. The van der Waals surface area contributed by atoms with E-state index in [1.54, 1.807) is 12.1 Å². The molecule has 0 spiro atoms. The highest BCUT2D eigenvalue weighted by Crippen LogP contribution is 2.47. The van der Waals surface area contributed by atoms with E-state index in [4.69, 9.17) is 9.47 Å². The van der Waals surface area contributed by atoms with Crippen LogP contribution in [0.4, 0.5) is 11.4 Å². The van der Waals surface area contributed by atoms with Crippen molar-refractivity contribution in [3.8, 4) is 5.75 Å². The second kappa shape index (κ2) is 9.59. The number of carbonyl (C=O) groups is 1. The first-order valence-corrected chi connectivity index (χ1v) is 11.3. The van der Waals surface area contributed by atoms with Crippen molar-refractivity contribution in [2.75, 3.05) is 18.5 Å². The second-order valence-corrected chi connectivity index (χ2v) is 9.07. The molecule has 0 aromatic heterocycles. The highest BCUT2D eigenvalue weighted by Gasteiger charge is 2.31. The molecule has 0 heterocycles. The van der Waals surface area contributed by atoms with Gasteiger partial charge in [-0.3, -0.25) is 0 Å². The van der Waals surface area contributed by atoms with E-state index in [0.29, 0.717) is 24.7 Å². The zero-order valence-electron chi connectivity index (χ0n) is 19.7. The van der Waals surface area contributed by atoms with Crippen LogP contribution < -0.4 is 10.1 Å². The molecule has 0 amide bonds. The first-order chi connectivity index (χ1) is 14.8. The summed E-state index contributed by atoms with van der Waals surface area (Å²) in [6.45, 7) is 14.1. The van der Waals surface area contributed by atoms with E-state index in [0.717, 1.165) is 30.0 Å². The van der Waals surface area contributed by atoms with Crippen molar-refractivity contribution in [3.63, 3.8) is 0 Å². The molecule has 0 saturated carbocycles. The Hall–Kier alpha value is -2.75. The Morgan fingerprint density at radius 3 is 2.45 bits per heavy atom. The van der Waals surface area contributed by atoms with Gasteiger partial charge < -0.3 is 14.8 Å². The first-order valence-electron chi connectivity index (χ1n) is 11.3. The Labute approximate surface area is 186 Å². The Morgan fingerprint density at radius 1 is 1.13 bits per heavy atom. The highest BCUT2D eigenvalue weighted by atomic mass is 16.5. The predicted octanol–water partition coefficient (Wildman–Crippen LogP) is 7.12. The Morgan fingerprint density at radius 2 is 1.84 bits per heavy atom. The predicted molar refractivity (Wildman–Crippen MR) is 128 cm³/mol. The molecule has 31 heavy (non-hydrogen) atoms. The monoisotopic (exact) mass is 421 g/mol. The lowest BCUT2D eigenvalue weighted by atomic mass is 9.71. The fraction of sp³-hybridized carbons (Fsp3) is 0.444. The Kier molecular flexibility index (Phi) is 7.09. The summed E-state index contributed by atoms with van der Waals surface area (Å²) in [5.41, 5.74) is 6.50. The third-order valence-electron chi connectivity index (χ3n) is 5.73. The van der Waals surface area contributed by atoms with Gasteiger partial charge >= 0.3 is 5.97 Å². The molecule has 3 rings (SSSR count). The van der Waals surface area contributed by atoms with Gasteiger partial charge in [0, 0.05) is 17.3 Å². The maximum absolute atomic E-state index is 12.0. The average molecular weight is 422 g/mol. The molecule has 166 valence electrons. The van der Waals surface area contributed by atoms with Crippen LogP contribution in [-0.2, 0) is 10.2 Å². The van der Waals surface area contributed by atoms with Gasteiger partial charge in [-0.25, -0.2) is 4.79 Å². The van der Waals surface area contributed by atoms with Gasteiger partial charge in [-0.05, 0) is 72.6 Å². The van der Waals surface area contributed by atoms with Gasteiger partial charge in [-0.2, -0.15) is 0 Å². The first kappa shape index (κ1) is 22.9. The number of carbonyl (C=O) groups excluding carboxylic acids is 1. The summed E-state index contributed by atoms with van der Waals surface area (Å²) in [5.74, 6) is 1.02. The molecule has 1 N–H and O–H groups in total. The van der Waals surface area contributed by atoms with Crippen LogP contribution in [0.2, 0.25) is 0 Å². The van der Waals surface area contributed by atoms with E-state index in [-0.39, 0.29) is 11.4 Å². The number of benzene rings is 2. The van der Waals surface area contributed by atoms with Crippen molar-refractivity contribution in [3.05, 3.63) is 59.2 Å². The van der Waals surface area contributed by atoms with Crippen molar-refractivity contribution in [2.24, 2.45) is 5.92 Å². The van der Waals surface area contributed by atoms with E-state index >= 15 is 0 Å². The summed E-state index contributed by atoms with van der Waals surface area (Å²) in [4.78, 5) is 12.0. The van der Waals surface area contributed by atoms with Crippen LogP contribution >= 0.6 is 0 Å². The molecule has 1 aliphatic rings. The van der Waals surface area contributed by atoms with Gasteiger partial charge in [0.1, 0.15) is 5.75 Å². The molecule has 0 unspecified atom stereocenters.